The lowest BCUT2D eigenvalue weighted by molar-refractivity contribution is 0.0278. The number of nitrogens with zero attached hydrogens (tertiary/aromatic N) is 1. The number of aromatic nitrogens is 1. The summed E-state index contributed by atoms with van der Waals surface area (Å²) in [4.78, 5) is 15.4. The molecule has 1 rings (SSSR count). The number of nitrogens with two attached hydrogens (primary N) is 1. The van der Waals surface area contributed by atoms with Crippen LogP contribution < -0.4 is 5.73 Å². The van der Waals surface area contributed by atoms with Crippen LogP contribution in [0.4, 0.5) is 5.69 Å². The number of nitrogen functional groups attached to an aromatic ring is 1. The molecule has 0 radical (unpaired) electrons. The van der Waals surface area contributed by atoms with E-state index in [2.05, 4.69) is 4.98 Å². The smallest absolute Gasteiger partial charge is 0.340 e. The molecular formula is C12H17ClN2O3. The molecule has 0 aliphatic carbocycles. The maximum atomic E-state index is 11.7. The highest BCUT2D eigenvalue weighted by Crippen LogP contribution is 2.15. The fourth-order valence-electron chi connectivity index (χ4n) is 1.21. The number of pyridine rings is 1. The summed E-state index contributed by atoms with van der Waals surface area (Å²) in [7, 11) is 0. The highest BCUT2D eigenvalue weighted by atomic mass is 35.5. The number of esters is 1. The lowest BCUT2D eigenvalue weighted by Gasteiger charge is -2.08. The van der Waals surface area contributed by atoms with Crippen molar-refractivity contribution in [2.75, 3.05) is 25.6 Å². The summed E-state index contributed by atoms with van der Waals surface area (Å²) >= 11 is 5.68. The number of carbonyl (C=O) groups excluding carboxylic acids is 1. The van der Waals surface area contributed by atoms with Crippen molar-refractivity contribution < 1.29 is 14.3 Å². The second-order valence-corrected chi connectivity index (χ2v) is 4.59. The van der Waals surface area contributed by atoms with E-state index in [0.29, 0.717) is 19.1 Å². The Labute approximate surface area is 111 Å². The molecule has 2 N–H and O–H groups in total. The molecular weight excluding hydrogens is 256 g/mol. The third-order valence-corrected chi connectivity index (χ3v) is 2.24. The molecule has 6 heteroatoms. The third kappa shape index (κ3) is 4.89. The van der Waals surface area contributed by atoms with Crippen molar-refractivity contribution in [3.63, 3.8) is 0 Å². The summed E-state index contributed by atoms with van der Waals surface area (Å²) in [5.41, 5.74) is 6.07. The topological polar surface area (TPSA) is 74.4 Å². The van der Waals surface area contributed by atoms with E-state index in [1.165, 1.54) is 12.3 Å². The summed E-state index contributed by atoms with van der Waals surface area (Å²) < 4.78 is 10.3. The predicted molar refractivity (Wildman–Crippen MR) is 69.6 cm³/mol. The first-order chi connectivity index (χ1) is 8.50. The van der Waals surface area contributed by atoms with Crippen LogP contribution in [-0.2, 0) is 9.47 Å². The van der Waals surface area contributed by atoms with E-state index in [-0.39, 0.29) is 23.0 Å². The Morgan fingerprint density at radius 2 is 2.22 bits per heavy atom. The first kappa shape index (κ1) is 14.7. The molecule has 0 amide bonds. The van der Waals surface area contributed by atoms with Crippen LogP contribution >= 0.6 is 11.6 Å². The number of carbonyl (C=O) groups is 1. The zero-order chi connectivity index (χ0) is 13.5. The van der Waals surface area contributed by atoms with Gasteiger partial charge in [0, 0.05) is 6.61 Å². The Balaban J connectivity index is 2.39. The van der Waals surface area contributed by atoms with Gasteiger partial charge in [0.05, 0.1) is 24.1 Å². The van der Waals surface area contributed by atoms with Gasteiger partial charge in [0.25, 0.3) is 0 Å². The number of anilines is 1. The van der Waals surface area contributed by atoms with Crippen molar-refractivity contribution in [1.29, 1.82) is 0 Å². The minimum absolute atomic E-state index is 0.185. The fraction of sp³-hybridized carbons (Fsp3) is 0.500. The fourth-order valence-corrected chi connectivity index (χ4v) is 1.37. The molecule has 0 aliphatic heterocycles. The van der Waals surface area contributed by atoms with Crippen LogP contribution in [0.5, 0.6) is 0 Å². The quantitative estimate of drug-likeness (QED) is 0.488. The number of rotatable bonds is 6. The monoisotopic (exact) mass is 272 g/mol. The minimum atomic E-state index is -0.523. The maximum Gasteiger partial charge on any atom is 0.340 e. The molecule has 18 heavy (non-hydrogen) atoms. The van der Waals surface area contributed by atoms with Crippen LogP contribution in [0.15, 0.2) is 12.3 Å². The molecule has 0 saturated carbocycles. The average molecular weight is 273 g/mol. The lowest BCUT2D eigenvalue weighted by atomic mass is 10.2. The highest BCUT2D eigenvalue weighted by molar-refractivity contribution is 6.29. The summed E-state index contributed by atoms with van der Waals surface area (Å²) in [5.74, 6) is -0.0692. The first-order valence-electron chi connectivity index (χ1n) is 5.66. The van der Waals surface area contributed by atoms with E-state index in [9.17, 15) is 4.79 Å². The Bertz CT molecular complexity index is 410. The van der Waals surface area contributed by atoms with E-state index >= 15 is 0 Å². The van der Waals surface area contributed by atoms with Gasteiger partial charge in [0.1, 0.15) is 11.8 Å². The van der Waals surface area contributed by atoms with Gasteiger partial charge in [0.15, 0.2) is 0 Å². The van der Waals surface area contributed by atoms with Gasteiger partial charge in [0.2, 0.25) is 0 Å². The highest BCUT2D eigenvalue weighted by Gasteiger charge is 2.12. The van der Waals surface area contributed by atoms with Gasteiger partial charge < -0.3 is 15.2 Å². The first-order valence-corrected chi connectivity index (χ1v) is 6.04. The second kappa shape index (κ2) is 7.18. The maximum absolute atomic E-state index is 11.7. The molecule has 0 fully saturated rings. The Morgan fingerprint density at radius 1 is 1.50 bits per heavy atom. The number of hydrogen-bond donors (Lipinski definition) is 1. The standard InChI is InChI=1S/C12H17ClN2O3/c1-8(2)7-17-3-4-18-12(16)9-5-11(13)15-6-10(9)14/h5-6,8H,3-4,7,14H2,1-2H3. The van der Waals surface area contributed by atoms with Gasteiger partial charge in [-0.15, -0.1) is 0 Å². The van der Waals surface area contributed by atoms with Crippen molar-refractivity contribution >= 4 is 23.3 Å². The van der Waals surface area contributed by atoms with Crippen LogP contribution in [0.3, 0.4) is 0 Å². The molecule has 0 aromatic carbocycles. The molecule has 0 aliphatic rings. The Morgan fingerprint density at radius 3 is 2.89 bits per heavy atom. The second-order valence-electron chi connectivity index (χ2n) is 4.20. The Hall–Kier alpha value is -1.33. The summed E-state index contributed by atoms with van der Waals surface area (Å²) in [5, 5.41) is 0.201. The molecule has 0 unspecified atom stereocenters. The third-order valence-electron chi connectivity index (χ3n) is 2.03. The van der Waals surface area contributed by atoms with Crippen molar-refractivity contribution in [2.45, 2.75) is 13.8 Å². The zero-order valence-corrected chi connectivity index (χ0v) is 11.2. The number of halogens is 1. The number of ether oxygens (including phenoxy) is 2. The van der Waals surface area contributed by atoms with Gasteiger partial charge in [-0.2, -0.15) is 0 Å². The van der Waals surface area contributed by atoms with Crippen molar-refractivity contribution in [3.8, 4) is 0 Å². The molecule has 1 aromatic heterocycles. The van der Waals surface area contributed by atoms with E-state index in [1.54, 1.807) is 0 Å². The molecule has 1 aromatic rings. The van der Waals surface area contributed by atoms with E-state index in [0.717, 1.165) is 0 Å². The SMILES string of the molecule is CC(C)COCCOC(=O)c1cc(Cl)ncc1N. The van der Waals surface area contributed by atoms with Crippen molar-refractivity contribution in [3.05, 3.63) is 23.0 Å². The normalized spacial score (nSPS) is 10.7. The van der Waals surface area contributed by atoms with Crippen LogP contribution in [-0.4, -0.2) is 30.8 Å². The molecule has 0 spiro atoms. The molecule has 1 heterocycles. The minimum Gasteiger partial charge on any atom is -0.460 e. The van der Waals surface area contributed by atoms with Gasteiger partial charge >= 0.3 is 5.97 Å². The molecule has 100 valence electrons. The zero-order valence-electron chi connectivity index (χ0n) is 10.5. The van der Waals surface area contributed by atoms with Crippen molar-refractivity contribution in [2.24, 2.45) is 5.92 Å². The largest absolute Gasteiger partial charge is 0.460 e. The van der Waals surface area contributed by atoms with Gasteiger partial charge in [-0.1, -0.05) is 25.4 Å². The van der Waals surface area contributed by atoms with E-state index < -0.39 is 5.97 Å². The average Bonchev–Trinajstić information content (AvgIpc) is 2.31. The van der Waals surface area contributed by atoms with Gasteiger partial charge in [-0.3, -0.25) is 0 Å². The number of hydrogen-bond acceptors (Lipinski definition) is 5. The summed E-state index contributed by atoms with van der Waals surface area (Å²) in [6.45, 7) is 5.28. The van der Waals surface area contributed by atoms with E-state index in [1.807, 2.05) is 13.8 Å². The van der Waals surface area contributed by atoms with Crippen LogP contribution in [0.1, 0.15) is 24.2 Å². The van der Waals surface area contributed by atoms with Crippen LogP contribution in [0.2, 0.25) is 5.15 Å². The lowest BCUT2D eigenvalue weighted by Crippen LogP contribution is -2.14. The summed E-state index contributed by atoms with van der Waals surface area (Å²) in [6, 6.07) is 1.38. The van der Waals surface area contributed by atoms with Gasteiger partial charge in [-0.25, -0.2) is 9.78 Å². The Kier molecular flexibility index (Phi) is 5.88. The molecule has 0 saturated heterocycles. The molecule has 0 bridgehead atoms. The van der Waals surface area contributed by atoms with Crippen LogP contribution in [0, 0.1) is 5.92 Å². The van der Waals surface area contributed by atoms with Crippen LogP contribution in [0.25, 0.3) is 0 Å². The molecule has 5 nitrogen and oxygen atoms in total. The van der Waals surface area contributed by atoms with E-state index in [4.69, 9.17) is 26.8 Å². The summed E-state index contributed by atoms with van der Waals surface area (Å²) in [6.07, 6.45) is 1.33. The molecule has 0 atom stereocenters. The van der Waals surface area contributed by atoms with Gasteiger partial charge in [-0.05, 0) is 12.0 Å². The van der Waals surface area contributed by atoms with Crippen molar-refractivity contribution in [1.82, 2.24) is 4.98 Å². The predicted octanol–water partition coefficient (Wildman–Crippen LogP) is 2.15.